The smallest absolute Gasteiger partial charge is 0.277 e. The van der Waals surface area contributed by atoms with Gasteiger partial charge in [0.05, 0.1) is 32.1 Å². The first-order valence-electron chi connectivity index (χ1n) is 10.7. The molecule has 0 aliphatic carbocycles. The molecule has 1 atom stereocenters. The minimum atomic E-state index is -1.23. The molecule has 33 heavy (non-hydrogen) atoms. The monoisotopic (exact) mass is 448 g/mol. The van der Waals surface area contributed by atoms with Crippen LogP contribution in [0.2, 0.25) is 0 Å². The summed E-state index contributed by atoms with van der Waals surface area (Å²) in [4.78, 5) is 28.8. The third-order valence-electron chi connectivity index (χ3n) is 5.93. The fraction of sp³-hybridized carbons (Fsp3) is 0.320. The molecule has 2 heterocycles. The zero-order valence-electron chi connectivity index (χ0n) is 19.5. The van der Waals surface area contributed by atoms with Crippen LogP contribution in [0.5, 0.6) is 11.5 Å². The number of anilines is 1. The number of methoxy groups -OCH3 is 2. The van der Waals surface area contributed by atoms with E-state index in [-0.39, 0.29) is 18.4 Å². The van der Waals surface area contributed by atoms with Gasteiger partial charge in [-0.1, -0.05) is 29.8 Å². The first kappa shape index (κ1) is 22.4. The minimum absolute atomic E-state index is 0.209. The maximum absolute atomic E-state index is 13.7. The van der Waals surface area contributed by atoms with E-state index in [0.717, 1.165) is 11.1 Å². The summed E-state index contributed by atoms with van der Waals surface area (Å²) in [5.41, 5.74) is 2.54. The van der Waals surface area contributed by atoms with Gasteiger partial charge in [0, 0.05) is 24.7 Å². The predicted octanol–water partition coefficient (Wildman–Crippen LogP) is 3.25. The maximum atomic E-state index is 13.7. The number of amides is 2. The van der Waals surface area contributed by atoms with Gasteiger partial charge in [0.15, 0.2) is 0 Å². The van der Waals surface area contributed by atoms with Crippen LogP contribution in [-0.2, 0) is 17.9 Å². The number of carbonyl (C=O) groups excluding carboxylic acids is 2. The van der Waals surface area contributed by atoms with E-state index in [4.69, 9.17) is 9.47 Å². The molecule has 4 rings (SSSR count). The van der Waals surface area contributed by atoms with Gasteiger partial charge in [-0.05, 0) is 32.4 Å². The van der Waals surface area contributed by atoms with Crippen LogP contribution in [0, 0.1) is 13.8 Å². The van der Waals surface area contributed by atoms with Crippen LogP contribution < -0.4 is 19.7 Å². The number of aromatic nitrogens is 2. The van der Waals surface area contributed by atoms with Gasteiger partial charge in [0.1, 0.15) is 22.7 Å². The molecule has 0 fully saturated rings. The molecular weight excluding hydrogens is 420 g/mol. The largest absolute Gasteiger partial charge is 0.497 e. The molecule has 8 heteroatoms. The van der Waals surface area contributed by atoms with Gasteiger partial charge >= 0.3 is 0 Å². The lowest BCUT2D eigenvalue weighted by molar-refractivity contribution is -0.126. The molecule has 2 aromatic carbocycles. The lowest BCUT2D eigenvalue weighted by Crippen LogP contribution is -2.64. The third kappa shape index (κ3) is 4.16. The number of aryl methyl sites for hydroxylation is 2. The van der Waals surface area contributed by atoms with Crippen molar-refractivity contribution in [2.75, 3.05) is 19.1 Å². The molecule has 1 N–H and O–H groups in total. The number of hydrogen-bond donors (Lipinski definition) is 1. The van der Waals surface area contributed by atoms with E-state index in [1.807, 2.05) is 38.1 Å². The fourth-order valence-corrected chi connectivity index (χ4v) is 4.11. The predicted molar refractivity (Wildman–Crippen MR) is 125 cm³/mol. The molecular formula is C25H28N4O4. The Hall–Kier alpha value is -3.81. The number of ether oxygens (including phenoxy) is 2. The van der Waals surface area contributed by atoms with Crippen LogP contribution in [0.25, 0.3) is 0 Å². The lowest BCUT2D eigenvalue weighted by atomic mass is 9.93. The zero-order valence-corrected chi connectivity index (χ0v) is 19.5. The van der Waals surface area contributed by atoms with E-state index in [1.54, 1.807) is 50.1 Å². The van der Waals surface area contributed by atoms with Crippen molar-refractivity contribution in [3.63, 3.8) is 0 Å². The van der Waals surface area contributed by atoms with Crippen LogP contribution in [0.1, 0.15) is 34.2 Å². The van der Waals surface area contributed by atoms with Crippen molar-refractivity contribution in [3.05, 3.63) is 71.0 Å². The van der Waals surface area contributed by atoms with Crippen molar-refractivity contribution in [1.82, 2.24) is 15.1 Å². The molecule has 0 spiro atoms. The zero-order chi connectivity index (χ0) is 23.8. The van der Waals surface area contributed by atoms with Crippen molar-refractivity contribution < 1.29 is 19.1 Å². The summed E-state index contributed by atoms with van der Waals surface area (Å²) in [6.07, 6.45) is 0. The Morgan fingerprint density at radius 1 is 1.06 bits per heavy atom. The molecule has 0 saturated carbocycles. The SMILES string of the molecule is COc1cc(OC)cc(N2C(=O)c3cc(C)nn3C[C@]2(C)C(=O)NCc2ccc(C)cc2)c1. The Bertz CT molecular complexity index is 1180. The molecule has 1 aliphatic heterocycles. The first-order chi connectivity index (χ1) is 15.7. The Morgan fingerprint density at radius 2 is 1.70 bits per heavy atom. The van der Waals surface area contributed by atoms with Gasteiger partial charge in [-0.3, -0.25) is 19.2 Å². The van der Waals surface area contributed by atoms with E-state index >= 15 is 0 Å². The molecule has 172 valence electrons. The van der Waals surface area contributed by atoms with Gasteiger partial charge in [-0.15, -0.1) is 0 Å². The first-order valence-corrected chi connectivity index (χ1v) is 10.7. The summed E-state index contributed by atoms with van der Waals surface area (Å²) in [6.45, 7) is 6.15. The molecule has 8 nitrogen and oxygen atoms in total. The quantitative estimate of drug-likeness (QED) is 0.626. The van der Waals surface area contributed by atoms with Gasteiger partial charge < -0.3 is 14.8 Å². The van der Waals surface area contributed by atoms with Crippen LogP contribution in [0.4, 0.5) is 5.69 Å². The third-order valence-corrected chi connectivity index (χ3v) is 5.93. The minimum Gasteiger partial charge on any atom is -0.497 e. The summed E-state index contributed by atoms with van der Waals surface area (Å²) < 4.78 is 12.4. The van der Waals surface area contributed by atoms with Crippen molar-refractivity contribution in [3.8, 4) is 11.5 Å². The molecule has 2 amide bonds. The molecule has 0 bridgehead atoms. The highest BCUT2D eigenvalue weighted by Crippen LogP contribution is 2.37. The normalized spacial score (nSPS) is 17.5. The van der Waals surface area contributed by atoms with Crippen LogP contribution >= 0.6 is 0 Å². The Morgan fingerprint density at radius 3 is 2.30 bits per heavy atom. The molecule has 1 aliphatic rings. The Balaban J connectivity index is 1.75. The summed E-state index contributed by atoms with van der Waals surface area (Å²) in [5, 5.41) is 7.45. The summed E-state index contributed by atoms with van der Waals surface area (Å²) in [6, 6.07) is 14.9. The van der Waals surface area contributed by atoms with Crippen LogP contribution in [-0.4, -0.2) is 41.4 Å². The number of benzene rings is 2. The van der Waals surface area contributed by atoms with E-state index in [2.05, 4.69) is 10.4 Å². The molecule has 0 saturated heterocycles. The highest BCUT2D eigenvalue weighted by Gasteiger charge is 2.49. The van der Waals surface area contributed by atoms with Crippen molar-refractivity contribution >= 4 is 17.5 Å². The summed E-state index contributed by atoms with van der Waals surface area (Å²) in [5.74, 6) is 0.451. The highest BCUT2D eigenvalue weighted by molar-refractivity contribution is 6.12. The Labute approximate surface area is 193 Å². The van der Waals surface area contributed by atoms with E-state index in [0.29, 0.717) is 35.1 Å². The molecule has 0 unspecified atom stereocenters. The van der Waals surface area contributed by atoms with Crippen LogP contribution in [0.3, 0.4) is 0 Å². The summed E-state index contributed by atoms with van der Waals surface area (Å²) in [7, 11) is 3.09. The second-order valence-corrected chi connectivity index (χ2v) is 8.48. The second-order valence-electron chi connectivity index (χ2n) is 8.48. The van der Waals surface area contributed by atoms with Gasteiger partial charge in [0.25, 0.3) is 5.91 Å². The standard InChI is InChI=1S/C25H28N4O4/c1-16-6-8-18(9-7-16)14-26-24(31)25(3)15-28-22(10-17(2)27-28)23(30)29(25)19-11-20(32-4)13-21(12-19)33-5/h6-13H,14-15H2,1-5H3,(H,26,31)/t25-/m1/s1. The molecule has 3 aromatic rings. The topological polar surface area (TPSA) is 85.7 Å². The van der Waals surface area contributed by atoms with Gasteiger partial charge in [-0.25, -0.2) is 0 Å². The Kier molecular flexibility index (Phi) is 5.84. The van der Waals surface area contributed by atoms with Gasteiger partial charge in [0.2, 0.25) is 5.91 Å². The molecule has 1 aromatic heterocycles. The van der Waals surface area contributed by atoms with Crippen LogP contribution in [0.15, 0.2) is 48.5 Å². The second kappa shape index (κ2) is 8.61. The van der Waals surface area contributed by atoms with E-state index in [9.17, 15) is 9.59 Å². The van der Waals surface area contributed by atoms with Crippen molar-refractivity contribution in [2.24, 2.45) is 0 Å². The molecule has 0 radical (unpaired) electrons. The number of fused-ring (bicyclic) bond motifs is 1. The van der Waals surface area contributed by atoms with Gasteiger partial charge in [-0.2, -0.15) is 5.10 Å². The number of nitrogens with zero attached hydrogens (tertiary/aromatic N) is 3. The number of carbonyl (C=O) groups is 2. The maximum Gasteiger partial charge on any atom is 0.277 e. The van der Waals surface area contributed by atoms with Crippen molar-refractivity contribution in [1.29, 1.82) is 0 Å². The average molecular weight is 449 g/mol. The van der Waals surface area contributed by atoms with Crippen molar-refractivity contribution in [2.45, 2.75) is 39.4 Å². The van der Waals surface area contributed by atoms with E-state index in [1.165, 1.54) is 4.90 Å². The highest BCUT2D eigenvalue weighted by atomic mass is 16.5. The number of nitrogens with one attached hydrogen (secondary N) is 1. The van der Waals surface area contributed by atoms with E-state index < -0.39 is 5.54 Å². The number of hydrogen-bond acceptors (Lipinski definition) is 5. The summed E-state index contributed by atoms with van der Waals surface area (Å²) >= 11 is 0. The number of rotatable bonds is 6. The lowest BCUT2D eigenvalue weighted by Gasteiger charge is -2.43. The average Bonchev–Trinajstić information content (AvgIpc) is 3.18. The fourth-order valence-electron chi connectivity index (χ4n) is 4.11.